The monoisotopic (exact) mass is 290 g/mol. The topological polar surface area (TPSA) is 66.6 Å². The molecular formula is C17H26N2O2. The molecule has 2 unspecified atom stereocenters. The van der Waals surface area contributed by atoms with Gasteiger partial charge in [-0.1, -0.05) is 30.3 Å². The number of rotatable bonds is 4. The number of likely N-dealkylation sites (tertiary alicyclic amines) is 1. The van der Waals surface area contributed by atoms with Crippen LogP contribution in [0.5, 0.6) is 0 Å². The predicted octanol–water partition coefficient (Wildman–Crippen LogP) is 1.71. The standard InChI is InChI=1S/C17H26N2O2/c1-17(21)10-5-12-19(13-11-17)16(20)15(18)9-8-14-6-3-2-4-7-14/h2-4,6-7,15,21H,5,8-13,18H2,1H3. The Labute approximate surface area is 126 Å². The molecule has 21 heavy (non-hydrogen) atoms. The third kappa shape index (κ3) is 4.83. The van der Waals surface area contributed by atoms with Crippen molar-refractivity contribution in [3.05, 3.63) is 35.9 Å². The van der Waals surface area contributed by atoms with E-state index >= 15 is 0 Å². The lowest BCUT2D eigenvalue weighted by atomic mass is 9.98. The number of nitrogens with two attached hydrogens (primary N) is 1. The summed E-state index contributed by atoms with van der Waals surface area (Å²) in [7, 11) is 0. The number of hydrogen-bond acceptors (Lipinski definition) is 3. The molecule has 1 aliphatic rings. The van der Waals surface area contributed by atoms with Crippen LogP contribution in [-0.2, 0) is 11.2 Å². The SMILES string of the molecule is CC1(O)CCCN(C(=O)C(N)CCc2ccccc2)CC1. The highest BCUT2D eigenvalue weighted by atomic mass is 16.3. The third-order valence-corrected chi connectivity index (χ3v) is 4.28. The highest BCUT2D eigenvalue weighted by molar-refractivity contribution is 5.81. The molecule has 0 spiro atoms. The Morgan fingerprint density at radius 3 is 2.76 bits per heavy atom. The number of carbonyl (C=O) groups excluding carboxylic acids is 1. The summed E-state index contributed by atoms with van der Waals surface area (Å²) >= 11 is 0. The van der Waals surface area contributed by atoms with E-state index in [4.69, 9.17) is 5.73 Å². The van der Waals surface area contributed by atoms with Gasteiger partial charge in [0, 0.05) is 13.1 Å². The van der Waals surface area contributed by atoms with Crippen LogP contribution in [0, 0.1) is 0 Å². The number of amides is 1. The average Bonchev–Trinajstić information content (AvgIpc) is 2.66. The van der Waals surface area contributed by atoms with Gasteiger partial charge in [0.25, 0.3) is 0 Å². The molecule has 1 heterocycles. The van der Waals surface area contributed by atoms with Gasteiger partial charge in [0.2, 0.25) is 5.91 Å². The maximum Gasteiger partial charge on any atom is 0.239 e. The summed E-state index contributed by atoms with van der Waals surface area (Å²) in [6.07, 6.45) is 3.69. The van der Waals surface area contributed by atoms with E-state index in [1.165, 1.54) is 5.56 Å². The van der Waals surface area contributed by atoms with E-state index in [0.717, 1.165) is 19.3 Å². The second-order valence-electron chi connectivity index (χ2n) is 6.31. The Morgan fingerprint density at radius 1 is 1.33 bits per heavy atom. The summed E-state index contributed by atoms with van der Waals surface area (Å²) in [4.78, 5) is 14.2. The molecule has 0 radical (unpaired) electrons. The van der Waals surface area contributed by atoms with Crippen molar-refractivity contribution in [3.63, 3.8) is 0 Å². The molecule has 1 amide bonds. The van der Waals surface area contributed by atoms with Gasteiger partial charge in [-0.3, -0.25) is 4.79 Å². The van der Waals surface area contributed by atoms with Crippen LogP contribution in [0.4, 0.5) is 0 Å². The molecule has 4 nitrogen and oxygen atoms in total. The molecule has 1 fully saturated rings. The molecule has 0 saturated carbocycles. The molecule has 0 aromatic heterocycles. The summed E-state index contributed by atoms with van der Waals surface area (Å²) < 4.78 is 0. The van der Waals surface area contributed by atoms with Gasteiger partial charge in [0.1, 0.15) is 0 Å². The molecule has 0 aliphatic carbocycles. The first kappa shape index (κ1) is 16.0. The summed E-state index contributed by atoms with van der Waals surface area (Å²) in [6, 6.07) is 9.64. The molecule has 1 aliphatic heterocycles. The average molecular weight is 290 g/mol. The zero-order chi connectivity index (χ0) is 15.3. The van der Waals surface area contributed by atoms with Crippen molar-refractivity contribution in [1.29, 1.82) is 0 Å². The maximum atomic E-state index is 12.4. The van der Waals surface area contributed by atoms with E-state index in [1.807, 2.05) is 30.0 Å². The maximum absolute atomic E-state index is 12.4. The first-order valence-electron chi connectivity index (χ1n) is 7.79. The molecule has 1 aromatic rings. The Hall–Kier alpha value is -1.39. The van der Waals surface area contributed by atoms with Crippen LogP contribution in [0.3, 0.4) is 0 Å². The molecule has 0 bridgehead atoms. The van der Waals surface area contributed by atoms with Crippen molar-refractivity contribution in [2.45, 2.75) is 50.7 Å². The largest absolute Gasteiger partial charge is 0.390 e. The van der Waals surface area contributed by atoms with E-state index < -0.39 is 11.6 Å². The normalized spacial score (nSPS) is 24.4. The second-order valence-corrected chi connectivity index (χ2v) is 6.31. The van der Waals surface area contributed by atoms with Crippen LogP contribution in [0.15, 0.2) is 30.3 Å². The highest BCUT2D eigenvalue weighted by Gasteiger charge is 2.28. The van der Waals surface area contributed by atoms with Gasteiger partial charge in [0.15, 0.2) is 0 Å². The Kier molecular flexibility index (Phi) is 5.37. The predicted molar refractivity (Wildman–Crippen MR) is 83.8 cm³/mol. The van der Waals surface area contributed by atoms with Gasteiger partial charge < -0.3 is 15.7 Å². The third-order valence-electron chi connectivity index (χ3n) is 4.28. The molecule has 3 N–H and O–H groups in total. The Balaban J connectivity index is 1.84. The fraction of sp³-hybridized carbons (Fsp3) is 0.588. The van der Waals surface area contributed by atoms with Crippen molar-refractivity contribution in [2.75, 3.05) is 13.1 Å². The van der Waals surface area contributed by atoms with Crippen LogP contribution >= 0.6 is 0 Å². The lowest BCUT2D eigenvalue weighted by molar-refractivity contribution is -0.132. The zero-order valence-electron chi connectivity index (χ0n) is 12.8. The zero-order valence-corrected chi connectivity index (χ0v) is 12.8. The molecule has 2 rings (SSSR count). The van der Waals surface area contributed by atoms with Crippen LogP contribution in [0.2, 0.25) is 0 Å². The van der Waals surface area contributed by atoms with E-state index in [-0.39, 0.29) is 5.91 Å². The Morgan fingerprint density at radius 2 is 2.05 bits per heavy atom. The number of aliphatic hydroxyl groups is 1. The molecule has 116 valence electrons. The van der Waals surface area contributed by atoms with Gasteiger partial charge >= 0.3 is 0 Å². The van der Waals surface area contributed by atoms with E-state index in [1.54, 1.807) is 0 Å². The fourth-order valence-electron chi connectivity index (χ4n) is 2.81. The van der Waals surface area contributed by atoms with Crippen LogP contribution in [0.1, 0.15) is 38.2 Å². The molecular weight excluding hydrogens is 264 g/mol. The van der Waals surface area contributed by atoms with Gasteiger partial charge in [-0.2, -0.15) is 0 Å². The fourth-order valence-corrected chi connectivity index (χ4v) is 2.81. The van der Waals surface area contributed by atoms with Gasteiger partial charge in [-0.25, -0.2) is 0 Å². The number of nitrogens with zero attached hydrogens (tertiary/aromatic N) is 1. The summed E-state index contributed by atoms with van der Waals surface area (Å²) in [5, 5.41) is 10.1. The molecule has 2 atom stereocenters. The van der Waals surface area contributed by atoms with Gasteiger partial charge in [-0.05, 0) is 44.6 Å². The number of aryl methyl sites for hydroxylation is 1. The summed E-state index contributed by atoms with van der Waals surface area (Å²) in [5.41, 5.74) is 6.62. The number of benzene rings is 1. The van der Waals surface area contributed by atoms with E-state index in [0.29, 0.717) is 25.9 Å². The summed E-state index contributed by atoms with van der Waals surface area (Å²) in [5.74, 6) is 0.0173. The lowest BCUT2D eigenvalue weighted by Gasteiger charge is -2.25. The van der Waals surface area contributed by atoms with Gasteiger partial charge in [-0.15, -0.1) is 0 Å². The smallest absolute Gasteiger partial charge is 0.239 e. The van der Waals surface area contributed by atoms with E-state index in [9.17, 15) is 9.90 Å². The Bertz CT molecular complexity index is 459. The minimum atomic E-state index is -0.650. The van der Waals surface area contributed by atoms with Gasteiger partial charge in [0.05, 0.1) is 11.6 Å². The number of hydrogen-bond donors (Lipinski definition) is 2. The van der Waals surface area contributed by atoms with Crippen LogP contribution in [0.25, 0.3) is 0 Å². The van der Waals surface area contributed by atoms with Crippen LogP contribution < -0.4 is 5.73 Å². The minimum Gasteiger partial charge on any atom is -0.390 e. The lowest BCUT2D eigenvalue weighted by Crippen LogP contribution is -2.44. The first-order valence-corrected chi connectivity index (χ1v) is 7.79. The first-order chi connectivity index (χ1) is 9.98. The second kappa shape index (κ2) is 7.05. The quantitative estimate of drug-likeness (QED) is 0.887. The molecule has 1 saturated heterocycles. The van der Waals surface area contributed by atoms with Crippen molar-refractivity contribution in [2.24, 2.45) is 5.73 Å². The van der Waals surface area contributed by atoms with Crippen LogP contribution in [-0.4, -0.2) is 40.6 Å². The highest BCUT2D eigenvalue weighted by Crippen LogP contribution is 2.21. The summed E-state index contributed by atoms with van der Waals surface area (Å²) in [6.45, 7) is 3.15. The van der Waals surface area contributed by atoms with Crippen molar-refractivity contribution < 1.29 is 9.90 Å². The number of carbonyl (C=O) groups is 1. The van der Waals surface area contributed by atoms with E-state index in [2.05, 4.69) is 12.1 Å². The van der Waals surface area contributed by atoms with Crippen molar-refractivity contribution in [3.8, 4) is 0 Å². The molecule has 4 heteroatoms. The molecule has 1 aromatic carbocycles. The minimum absolute atomic E-state index is 0.0173. The van der Waals surface area contributed by atoms with Crippen molar-refractivity contribution >= 4 is 5.91 Å². The van der Waals surface area contributed by atoms with Crippen molar-refractivity contribution in [1.82, 2.24) is 4.90 Å².